The summed E-state index contributed by atoms with van der Waals surface area (Å²) in [5, 5.41) is 3.36. The molecule has 2 aromatic carbocycles. The largest absolute Gasteiger partial charge is 0.310 e. The van der Waals surface area contributed by atoms with Crippen LogP contribution in [0, 0.1) is 11.6 Å². The van der Waals surface area contributed by atoms with E-state index in [4.69, 9.17) is 0 Å². The van der Waals surface area contributed by atoms with Crippen LogP contribution in [0.4, 0.5) is 8.78 Å². The van der Waals surface area contributed by atoms with Crippen molar-refractivity contribution in [1.82, 2.24) is 5.32 Å². The van der Waals surface area contributed by atoms with Gasteiger partial charge in [-0.25, -0.2) is 8.78 Å². The van der Waals surface area contributed by atoms with Crippen molar-refractivity contribution < 1.29 is 8.78 Å². The average molecular weight is 307 g/mol. The second-order valence-electron chi connectivity index (χ2n) is 4.88. The van der Waals surface area contributed by atoms with Crippen LogP contribution in [-0.2, 0) is 5.75 Å². The minimum absolute atomic E-state index is 0.279. The highest BCUT2D eigenvalue weighted by molar-refractivity contribution is 7.98. The van der Waals surface area contributed by atoms with Crippen molar-refractivity contribution in [3.63, 3.8) is 0 Å². The molecule has 2 aromatic rings. The first-order chi connectivity index (χ1) is 10.1. The minimum Gasteiger partial charge on any atom is -0.310 e. The van der Waals surface area contributed by atoms with Crippen LogP contribution in [0.5, 0.6) is 0 Å². The molecule has 1 N–H and O–H groups in total. The van der Waals surface area contributed by atoms with Crippen LogP contribution in [0.2, 0.25) is 0 Å². The van der Waals surface area contributed by atoms with Crippen LogP contribution >= 0.6 is 11.8 Å². The first-order valence-electron chi connectivity index (χ1n) is 7.00. The molecule has 1 nitrogen and oxygen atoms in total. The van der Waals surface area contributed by atoms with Gasteiger partial charge in [0, 0.05) is 22.3 Å². The van der Waals surface area contributed by atoms with Gasteiger partial charge in [-0.15, -0.1) is 11.8 Å². The molecule has 0 aliphatic carbocycles. The van der Waals surface area contributed by atoms with Gasteiger partial charge in [0.25, 0.3) is 0 Å². The lowest BCUT2D eigenvalue weighted by molar-refractivity contribution is 0.591. The summed E-state index contributed by atoms with van der Waals surface area (Å²) in [5.41, 5.74) is 1.59. The smallest absolute Gasteiger partial charge is 0.127 e. The maximum Gasteiger partial charge on any atom is 0.127 e. The molecular weight excluding hydrogens is 288 g/mol. The van der Waals surface area contributed by atoms with E-state index >= 15 is 0 Å². The first kappa shape index (κ1) is 16.0. The quantitative estimate of drug-likeness (QED) is 0.760. The second-order valence-corrected chi connectivity index (χ2v) is 5.93. The number of thioether (sulfide) groups is 1. The fraction of sp³-hybridized carbons (Fsp3) is 0.294. The van der Waals surface area contributed by atoms with Gasteiger partial charge < -0.3 is 5.32 Å². The Kier molecular flexibility index (Phi) is 5.76. The summed E-state index contributed by atoms with van der Waals surface area (Å²) < 4.78 is 26.7. The van der Waals surface area contributed by atoms with Crippen LogP contribution in [0.3, 0.4) is 0 Å². The predicted octanol–water partition coefficient (Wildman–Crippen LogP) is 4.93. The van der Waals surface area contributed by atoms with Gasteiger partial charge in [0.1, 0.15) is 11.6 Å². The third kappa shape index (κ3) is 4.55. The Labute approximate surface area is 128 Å². The fourth-order valence-electron chi connectivity index (χ4n) is 2.11. The molecule has 0 amide bonds. The van der Waals surface area contributed by atoms with Crippen LogP contribution < -0.4 is 5.32 Å². The molecule has 21 heavy (non-hydrogen) atoms. The van der Waals surface area contributed by atoms with Crippen LogP contribution in [0.15, 0.2) is 47.4 Å². The van der Waals surface area contributed by atoms with Gasteiger partial charge in [-0.2, -0.15) is 0 Å². The topological polar surface area (TPSA) is 12.0 Å². The summed E-state index contributed by atoms with van der Waals surface area (Å²) in [5.74, 6) is -0.342. The van der Waals surface area contributed by atoms with E-state index in [0.29, 0.717) is 11.3 Å². The van der Waals surface area contributed by atoms with Crippen LogP contribution in [0.25, 0.3) is 0 Å². The van der Waals surface area contributed by atoms with E-state index in [-0.39, 0.29) is 11.9 Å². The van der Waals surface area contributed by atoms with Gasteiger partial charge >= 0.3 is 0 Å². The third-order valence-electron chi connectivity index (χ3n) is 3.27. The highest BCUT2D eigenvalue weighted by atomic mass is 32.2. The Morgan fingerprint density at radius 3 is 2.71 bits per heavy atom. The SMILES string of the molecule is CCNC(C)c1cccc(SCc2cc(F)ccc2F)c1. The number of nitrogens with one attached hydrogen (secondary N) is 1. The van der Waals surface area contributed by atoms with E-state index in [0.717, 1.165) is 17.5 Å². The molecule has 0 aliphatic heterocycles. The number of halogens is 2. The second kappa shape index (κ2) is 7.57. The average Bonchev–Trinajstić information content (AvgIpc) is 2.49. The van der Waals surface area contributed by atoms with Crippen molar-refractivity contribution in [2.45, 2.75) is 30.5 Å². The third-order valence-corrected chi connectivity index (χ3v) is 4.31. The lowest BCUT2D eigenvalue weighted by Gasteiger charge is -2.13. The maximum absolute atomic E-state index is 13.6. The number of benzene rings is 2. The molecule has 0 heterocycles. The summed E-state index contributed by atoms with van der Waals surface area (Å²) >= 11 is 1.51. The fourth-order valence-corrected chi connectivity index (χ4v) is 3.05. The summed E-state index contributed by atoms with van der Waals surface area (Å²) in [6.07, 6.45) is 0. The summed E-state index contributed by atoms with van der Waals surface area (Å²) in [4.78, 5) is 1.06. The van der Waals surface area contributed by atoms with Gasteiger partial charge in [-0.3, -0.25) is 0 Å². The van der Waals surface area contributed by atoms with Gasteiger partial charge in [-0.05, 0) is 49.4 Å². The van der Waals surface area contributed by atoms with Gasteiger partial charge in [0.05, 0.1) is 0 Å². The molecule has 0 aromatic heterocycles. The molecule has 0 saturated heterocycles. The number of rotatable bonds is 6. The van der Waals surface area contributed by atoms with E-state index in [1.807, 2.05) is 12.1 Å². The van der Waals surface area contributed by atoms with E-state index in [1.165, 1.54) is 29.5 Å². The molecular formula is C17H19F2NS. The molecule has 112 valence electrons. The Balaban J connectivity index is 2.06. The molecule has 1 atom stereocenters. The first-order valence-corrected chi connectivity index (χ1v) is 7.98. The zero-order valence-corrected chi connectivity index (χ0v) is 13.0. The molecule has 0 aliphatic rings. The Hall–Kier alpha value is -1.39. The van der Waals surface area contributed by atoms with Crippen LogP contribution in [-0.4, -0.2) is 6.54 Å². The Morgan fingerprint density at radius 2 is 1.95 bits per heavy atom. The van der Waals surface area contributed by atoms with E-state index in [1.54, 1.807) is 0 Å². The number of hydrogen-bond acceptors (Lipinski definition) is 2. The predicted molar refractivity (Wildman–Crippen MR) is 84.5 cm³/mol. The molecule has 0 radical (unpaired) electrons. The van der Waals surface area contributed by atoms with Gasteiger partial charge in [0.2, 0.25) is 0 Å². The molecule has 0 fully saturated rings. The lowest BCUT2D eigenvalue weighted by atomic mass is 10.1. The maximum atomic E-state index is 13.6. The summed E-state index contributed by atoms with van der Waals surface area (Å²) in [6.45, 7) is 5.09. The van der Waals surface area contributed by atoms with Crippen molar-refractivity contribution in [2.75, 3.05) is 6.54 Å². The normalized spacial score (nSPS) is 12.4. The molecule has 1 unspecified atom stereocenters. The molecule has 0 bridgehead atoms. The Morgan fingerprint density at radius 1 is 1.14 bits per heavy atom. The molecule has 2 rings (SSSR count). The Bertz CT molecular complexity index is 601. The summed E-state index contributed by atoms with van der Waals surface area (Å²) in [6, 6.07) is 12.0. The van der Waals surface area contributed by atoms with Gasteiger partial charge in [-0.1, -0.05) is 19.1 Å². The van der Waals surface area contributed by atoms with E-state index < -0.39 is 5.82 Å². The highest BCUT2D eigenvalue weighted by Crippen LogP contribution is 2.26. The summed E-state index contributed by atoms with van der Waals surface area (Å²) in [7, 11) is 0. The zero-order valence-electron chi connectivity index (χ0n) is 12.2. The lowest BCUT2D eigenvalue weighted by Crippen LogP contribution is -2.17. The minimum atomic E-state index is -0.401. The van der Waals surface area contributed by atoms with Gasteiger partial charge in [0.15, 0.2) is 0 Å². The van der Waals surface area contributed by atoms with E-state index in [9.17, 15) is 8.78 Å². The highest BCUT2D eigenvalue weighted by Gasteiger charge is 2.07. The molecule has 4 heteroatoms. The van der Waals surface area contributed by atoms with Crippen molar-refractivity contribution in [2.24, 2.45) is 0 Å². The van der Waals surface area contributed by atoms with Crippen molar-refractivity contribution in [3.8, 4) is 0 Å². The monoisotopic (exact) mass is 307 g/mol. The van der Waals surface area contributed by atoms with E-state index in [2.05, 4.69) is 31.3 Å². The van der Waals surface area contributed by atoms with Crippen molar-refractivity contribution in [3.05, 3.63) is 65.2 Å². The number of hydrogen-bond donors (Lipinski definition) is 1. The van der Waals surface area contributed by atoms with Crippen LogP contribution in [0.1, 0.15) is 31.0 Å². The van der Waals surface area contributed by atoms with Crippen molar-refractivity contribution >= 4 is 11.8 Å². The molecule has 0 spiro atoms. The zero-order chi connectivity index (χ0) is 15.2. The molecule has 0 saturated carbocycles. The standard InChI is InChI=1S/C17H19F2NS/c1-3-20-12(2)13-5-4-6-16(10-13)21-11-14-9-15(18)7-8-17(14)19/h4-10,12,20H,3,11H2,1-2H3. The van der Waals surface area contributed by atoms with Crippen molar-refractivity contribution in [1.29, 1.82) is 0 Å².